The smallest absolute Gasteiger partial charge is 0.293 e. The summed E-state index contributed by atoms with van der Waals surface area (Å²) < 4.78 is 13.1. The molecule has 0 aliphatic carbocycles. The Labute approximate surface area is 169 Å². The highest BCUT2D eigenvalue weighted by atomic mass is 32.1. The number of aromatic amines is 1. The van der Waals surface area contributed by atoms with Crippen LogP contribution in [-0.2, 0) is 11.2 Å². The second-order valence-electron chi connectivity index (χ2n) is 6.95. The van der Waals surface area contributed by atoms with Crippen LogP contribution >= 0.6 is 11.3 Å². The van der Waals surface area contributed by atoms with Gasteiger partial charge in [-0.25, -0.2) is 14.4 Å². The molecule has 1 fully saturated rings. The Morgan fingerprint density at radius 2 is 2.14 bits per heavy atom. The van der Waals surface area contributed by atoms with E-state index in [0.717, 1.165) is 16.9 Å². The molecule has 2 aromatic heterocycles. The molecule has 3 aromatic rings. The number of halogens is 1. The molecule has 0 bridgehead atoms. The number of rotatable bonds is 4. The second-order valence-corrected chi connectivity index (χ2v) is 8.07. The van der Waals surface area contributed by atoms with Crippen LogP contribution in [0.25, 0.3) is 10.7 Å². The van der Waals surface area contributed by atoms with Crippen molar-refractivity contribution in [3.05, 3.63) is 62.9 Å². The minimum atomic E-state index is -0.657. The number of nitrogens with one attached hydrogen (secondary N) is 1. The fourth-order valence-corrected chi connectivity index (χ4v) is 4.46. The van der Waals surface area contributed by atoms with Gasteiger partial charge in [0.05, 0.1) is 6.04 Å². The van der Waals surface area contributed by atoms with E-state index in [1.165, 1.54) is 30.4 Å². The number of carbonyl (C=O) groups is 1. The predicted octanol–water partition coefficient (Wildman–Crippen LogP) is 3.01. The predicted molar refractivity (Wildman–Crippen MR) is 106 cm³/mol. The molecule has 0 saturated carbocycles. The zero-order chi connectivity index (χ0) is 20.5. The highest BCUT2D eigenvalue weighted by Crippen LogP contribution is 2.33. The molecule has 9 heteroatoms. The van der Waals surface area contributed by atoms with Crippen molar-refractivity contribution in [2.75, 3.05) is 6.54 Å². The van der Waals surface area contributed by atoms with E-state index in [-0.39, 0.29) is 23.5 Å². The average Bonchev–Trinajstić information content (AvgIpc) is 3.35. The molecule has 1 aliphatic heterocycles. The number of aromatic hydroxyl groups is 1. The van der Waals surface area contributed by atoms with E-state index in [2.05, 4.69) is 15.0 Å². The van der Waals surface area contributed by atoms with E-state index in [1.807, 2.05) is 0 Å². The molecule has 3 heterocycles. The summed E-state index contributed by atoms with van der Waals surface area (Å²) in [6.07, 6.45) is 3.72. The molecule has 1 atom stereocenters. The lowest BCUT2D eigenvalue weighted by Gasteiger charge is -2.22. The lowest BCUT2D eigenvalue weighted by Crippen LogP contribution is -2.30. The zero-order valence-corrected chi connectivity index (χ0v) is 16.5. The lowest BCUT2D eigenvalue weighted by molar-refractivity contribution is -0.129. The molecule has 2 N–H and O–H groups in total. The van der Waals surface area contributed by atoms with Crippen molar-refractivity contribution in [2.45, 2.75) is 32.2 Å². The fraction of sp³-hybridized carbons (Fsp3) is 0.300. The number of aromatic nitrogens is 3. The van der Waals surface area contributed by atoms with Gasteiger partial charge in [-0.05, 0) is 30.5 Å². The Kier molecular flexibility index (Phi) is 5.14. The lowest BCUT2D eigenvalue weighted by atomic mass is 10.1. The highest BCUT2D eigenvalue weighted by molar-refractivity contribution is 7.15. The molecular formula is C20H19FN4O3S. The molecule has 1 aliphatic rings. The number of amides is 1. The second kappa shape index (κ2) is 7.75. The van der Waals surface area contributed by atoms with Gasteiger partial charge in [-0.2, -0.15) is 0 Å². The van der Waals surface area contributed by atoms with E-state index < -0.39 is 11.3 Å². The summed E-state index contributed by atoms with van der Waals surface area (Å²) >= 11 is 1.31. The normalized spacial score (nSPS) is 16.3. The summed E-state index contributed by atoms with van der Waals surface area (Å²) in [5.41, 5.74) is 0.374. The molecule has 0 unspecified atom stereocenters. The summed E-state index contributed by atoms with van der Waals surface area (Å²) in [6.45, 7) is 2.10. The van der Waals surface area contributed by atoms with Gasteiger partial charge in [0.1, 0.15) is 22.3 Å². The molecule has 29 heavy (non-hydrogen) atoms. The maximum atomic E-state index is 13.1. The van der Waals surface area contributed by atoms with Crippen molar-refractivity contribution in [1.29, 1.82) is 0 Å². The van der Waals surface area contributed by atoms with E-state index in [9.17, 15) is 19.1 Å². The third-order valence-electron chi connectivity index (χ3n) is 4.93. The van der Waals surface area contributed by atoms with Crippen molar-refractivity contribution in [3.8, 4) is 16.5 Å². The minimum absolute atomic E-state index is 0.0828. The van der Waals surface area contributed by atoms with Gasteiger partial charge >= 0.3 is 0 Å². The Balaban J connectivity index is 1.66. The summed E-state index contributed by atoms with van der Waals surface area (Å²) in [5, 5.41) is 10.7. The SMILES string of the molecule is CC(=O)N1CCC[C@H]1c1nc(-c2ncc(Cc3ccc(F)cc3)s2)c(O)c(=O)[nH]1. The van der Waals surface area contributed by atoms with Crippen molar-refractivity contribution in [1.82, 2.24) is 19.9 Å². The number of thiazole rings is 1. The van der Waals surface area contributed by atoms with Gasteiger partial charge in [-0.3, -0.25) is 9.59 Å². The largest absolute Gasteiger partial charge is 0.501 e. The molecule has 4 rings (SSSR count). The summed E-state index contributed by atoms with van der Waals surface area (Å²) in [7, 11) is 0. The van der Waals surface area contributed by atoms with Gasteiger partial charge in [0, 0.05) is 31.0 Å². The number of H-pyrrole nitrogens is 1. The van der Waals surface area contributed by atoms with Gasteiger partial charge in [-0.1, -0.05) is 12.1 Å². The van der Waals surface area contributed by atoms with Crippen molar-refractivity contribution < 1.29 is 14.3 Å². The fourth-order valence-electron chi connectivity index (χ4n) is 3.52. The third-order valence-corrected chi connectivity index (χ3v) is 5.94. The van der Waals surface area contributed by atoms with Crippen LogP contribution in [0.2, 0.25) is 0 Å². The monoisotopic (exact) mass is 414 g/mol. The van der Waals surface area contributed by atoms with Crippen LogP contribution in [0.3, 0.4) is 0 Å². The van der Waals surface area contributed by atoms with Crippen LogP contribution in [-0.4, -0.2) is 37.4 Å². The molecular weight excluding hydrogens is 395 g/mol. The Bertz CT molecular complexity index is 1110. The van der Waals surface area contributed by atoms with Gasteiger partial charge in [0.2, 0.25) is 11.7 Å². The molecule has 7 nitrogen and oxygen atoms in total. The first kappa shape index (κ1) is 19.3. The van der Waals surface area contributed by atoms with Gasteiger partial charge < -0.3 is 15.0 Å². The van der Waals surface area contributed by atoms with Gasteiger partial charge in [0.15, 0.2) is 0 Å². The minimum Gasteiger partial charge on any atom is -0.501 e. The van der Waals surface area contributed by atoms with Crippen LogP contribution < -0.4 is 5.56 Å². The summed E-state index contributed by atoms with van der Waals surface area (Å²) in [4.78, 5) is 38.1. The first-order chi connectivity index (χ1) is 13.9. The number of carbonyl (C=O) groups excluding carboxylic acids is 1. The van der Waals surface area contributed by atoms with Crippen molar-refractivity contribution in [3.63, 3.8) is 0 Å². The zero-order valence-electron chi connectivity index (χ0n) is 15.7. The molecule has 0 radical (unpaired) electrons. The summed E-state index contributed by atoms with van der Waals surface area (Å²) in [5.74, 6) is -0.523. The topological polar surface area (TPSA) is 99.2 Å². The van der Waals surface area contributed by atoms with Crippen LogP contribution in [0.1, 0.15) is 42.1 Å². The van der Waals surface area contributed by atoms with Crippen LogP contribution in [0.15, 0.2) is 35.3 Å². The van der Waals surface area contributed by atoms with E-state index in [0.29, 0.717) is 30.2 Å². The molecule has 1 saturated heterocycles. The van der Waals surface area contributed by atoms with Crippen molar-refractivity contribution >= 4 is 17.2 Å². The Morgan fingerprint density at radius 3 is 2.86 bits per heavy atom. The number of hydrogen-bond donors (Lipinski definition) is 2. The van der Waals surface area contributed by atoms with E-state index >= 15 is 0 Å². The van der Waals surface area contributed by atoms with Crippen LogP contribution in [0, 0.1) is 5.82 Å². The van der Waals surface area contributed by atoms with E-state index in [1.54, 1.807) is 23.2 Å². The first-order valence-electron chi connectivity index (χ1n) is 9.22. The van der Waals surface area contributed by atoms with E-state index in [4.69, 9.17) is 0 Å². The number of likely N-dealkylation sites (tertiary alicyclic amines) is 1. The molecule has 1 aromatic carbocycles. The highest BCUT2D eigenvalue weighted by Gasteiger charge is 2.31. The van der Waals surface area contributed by atoms with Crippen molar-refractivity contribution in [2.24, 2.45) is 0 Å². The van der Waals surface area contributed by atoms with Gasteiger partial charge in [-0.15, -0.1) is 11.3 Å². The van der Waals surface area contributed by atoms with Gasteiger partial charge in [0.25, 0.3) is 5.56 Å². The first-order valence-corrected chi connectivity index (χ1v) is 10.0. The molecule has 0 spiro atoms. The Hall–Kier alpha value is -3.07. The number of hydrogen-bond acceptors (Lipinski definition) is 6. The summed E-state index contributed by atoms with van der Waals surface area (Å²) in [6, 6.07) is 5.88. The maximum Gasteiger partial charge on any atom is 0.293 e. The average molecular weight is 414 g/mol. The third kappa shape index (κ3) is 3.91. The number of benzene rings is 1. The van der Waals surface area contributed by atoms with Crippen LogP contribution in [0.4, 0.5) is 4.39 Å². The number of nitrogens with zero attached hydrogens (tertiary/aromatic N) is 3. The Morgan fingerprint density at radius 1 is 1.38 bits per heavy atom. The standard InChI is InChI=1S/C20H19FN4O3S/c1-11(26)25-8-2-3-15(25)18-23-16(17(27)19(28)24-18)20-22-10-14(29-20)9-12-4-6-13(21)7-5-12/h4-7,10,15,27H,2-3,8-9H2,1H3,(H,23,24,28)/t15-/m0/s1. The quantitative estimate of drug-likeness (QED) is 0.684. The maximum absolute atomic E-state index is 13.1. The molecule has 1 amide bonds. The molecule has 150 valence electrons. The van der Waals surface area contributed by atoms with Crippen LogP contribution in [0.5, 0.6) is 5.75 Å².